The molecule has 2 atom stereocenters. The Morgan fingerprint density at radius 3 is 2.90 bits per heavy atom. The molecule has 0 saturated carbocycles. The average Bonchev–Trinajstić information content (AvgIpc) is 2.49. The second-order valence-corrected chi connectivity index (χ2v) is 5.50. The lowest BCUT2D eigenvalue weighted by Crippen LogP contribution is -2.45. The Kier molecular flexibility index (Phi) is 4.01. The molecule has 0 radical (unpaired) electrons. The van der Waals surface area contributed by atoms with Gasteiger partial charge in [0.2, 0.25) is 0 Å². The minimum Gasteiger partial charge on any atom is -0.387 e. The van der Waals surface area contributed by atoms with E-state index in [4.69, 9.17) is 4.74 Å². The van der Waals surface area contributed by atoms with Crippen molar-refractivity contribution in [2.24, 2.45) is 0 Å². The van der Waals surface area contributed by atoms with Crippen molar-refractivity contribution in [3.8, 4) is 0 Å². The quantitative estimate of drug-likeness (QED) is 0.931. The van der Waals surface area contributed by atoms with Crippen LogP contribution in [0.2, 0.25) is 0 Å². The number of hydrogen-bond acceptors (Lipinski definition) is 3. The first-order valence-corrected chi connectivity index (χ1v) is 7.23. The van der Waals surface area contributed by atoms with Crippen molar-refractivity contribution < 1.29 is 9.84 Å². The fourth-order valence-corrected chi connectivity index (χ4v) is 2.89. The van der Waals surface area contributed by atoms with Crippen LogP contribution < -0.4 is 0 Å². The highest BCUT2D eigenvalue weighted by molar-refractivity contribution is 5.85. The van der Waals surface area contributed by atoms with Gasteiger partial charge in [-0.1, -0.05) is 42.5 Å². The number of benzene rings is 2. The number of rotatable bonds is 3. The molecule has 20 heavy (non-hydrogen) atoms. The topological polar surface area (TPSA) is 32.7 Å². The van der Waals surface area contributed by atoms with Gasteiger partial charge in [0.05, 0.1) is 19.3 Å². The molecule has 0 amide bonds. The highest BCUT2D eigenvalue weighted by Crippen LogP contribution is 2.25. The van der Waals surface area contributed by atoms with Gasteiger partial charge in [-0.25, -0.2) is 0 Å². The van der Waals surface area contributed by atoms with Crippen LogP contribution in [0.1, 0.15) is 18.6 Å². The molecule has 3 nitrogen and oxygen atoms in total. The van der Waals surface area contributed by atoms with E-state index in [2.05, 4.69) is 30.0 Å². The van der Waals surface area contributed by atoms with E-state index < -0.39 is 6.10 Å². The zero-order valence-electron chi connectivity index (χ0n) is 11.8. The molecule has 3 heteroatoms. The molecule has 0 spiro atoms. The summed E-state index contributed by atoms with van der Waals surface area (Å²) < 4.78 is 5.45. The molecule has 1 heterocycles. The first-order valence-electron chi connectivity index (χ1n) is 7.23. The number of nitrogens with zero attached hydrogens (tertiary/aromatic N) is 1. The predicted molar refractivity (Wildman–Crippen MR) is 80.8 cm³/mol. The van der Waals surface area contributed by atoms with Gasteiger partial charge in [-0.15, -0.1) is 0 Å². The number of morpholine rings is 1. The number of hydrogen-bond donors (Lipinski definition) is 1. The second kappa shape index (κ2) is 5.92. The first kappa shape index (κ1) is 13.6. The van der Waals surface area contributed by atoms with Crippen molar-refractivity contribution in [2.75, 3.05) is 26.3 Å². The van der Waals surface area contributed by atoms with E-state index in [0.29, 0.717) is 12.6 Å². The summed E-state index contributed by atoms with van der Waals surface area (Å²) in [5, 5.41) is 12.9. The molecular weight excluding hydrogens is 250 g/mol. The maximum atomic E-state index is 10.6. The Bertz CT molecular complexity index is 579. The van der Waals surface area contributed by atoms with Crippen LogP contribution in [0.5, 0.6) is 0 Å². The van der Waals surface area contributed by atoms with Crippen LogP contribution in [-0.4, -0.2) is 42.4 Å². The van der Waals surface area contributed by atoms with E-state index in [1.807, 2.05) is 24.3 Å². The van der Waals surface area contributed by atoms with Crippen molar-refractivity contribution in [3.05, 3.63) is 48.0 Å². The van der Waals surface area contributed by atoms with Gasteiger partial charge in [0.15, 0.2) is 0 Å². The smallest absolute Gasteiger partial charge is 0.0923 e. The lowest BCUT2D eigenvalue weighted by atomic mass is 10.00. The van der Waals surface area contributed by atoms with Gasteiger partial charge in [0, 0.05) is 19.1 Å². The molecule has 0 bridgehead atoms. The zero-order chi connectivity index (χ0) is 13.9. The third kappa shape index (κ3) is 2.70. The van der Waals surface area contributed by atoms with E-state index in [0.717, 1.165) is 30.7 Å². The van der Waals surface area contributed by atoms with E-state index in [1.165, 1.54) is 5.39 Å². The lowest BCUT2D eigenvalue weighted by molar-refractivity contribution is -0.0201. The van der Waals surface area contributed by atoms with Crippen molar-refractivity contribution in [1.29, 1.82) is 0 Å². The molecule has 3 rings (SSSR count). The van der Waals surface area contributed by atoms with Gasteiger partial charge >= 0.3 is 0 Å². The van der Waals surface area contributed by atoms with Crippen LogP contribution >= 0.6 is 0 Å². The van der Waals surface area contributed by atoms with E-state index in [-0.39, 0.29) is 0 Å². The normalized spacial score (nSPS) is 22.0. The summed E-state index contributed by atoms with van der Waals surface area (Å²) in [7, 11) is 0. The Morgan fingerprint density at radius 1 is 1.25 bits per heavy atom. The monoisotopic (exact) mass is 271 g/mol. The maximum absolute atomic E-state index is 10.6. The van der Waals surface area contributed by atoms with Crippen LogP contribution in [-0.2, 0) is 4.74 Å². The maximum Gasteiger partial charge on any atom is 0.0923 e. The molecule has 0 aromatic heterocycles. The summed E-state index contributed by atoms with van der Waals surface area (Å²) in [5.41, 5.74) is 1.02. The molecule has 1 N–H and O–H groups in total. The van der Waals surface area contributed by atoms with Gasteiger partial charge in [-0.05, 0) is 23.3 Å². The van der Waals surface area contributed by atoms with Gasteiger partial charge in [0.25, 0.3) is 0 Å². The van der Waals surface area contributed by atoms with Crippen molar-refractivity contribution in [1.82, 2.24) is 4.90 Å². The molecule has 1 aliphatic heterocycles. The van der Waals surface area contributed by atoms with Crippen LogP contribution in [0.3, 0.4) is 0 Å². The summed E-state index contributed by atoms with van der Waals surface area (Å²) in [6.45, 7) is 5.21. The summed E-state index contributed by atoms with van der Waals surface area (Å²) in [6, 6.07) is 14.7. The number of aliphatic hydroxyl groups excluding tert-OH is 1. The number of β-amino-alcohol motifs (C(OH)–C–C–N with tert-alkyl or cyclic N) is 1. The molecule has 1 fully saturated rings. The molecule has 1 saturated heterocycles. The molecule has 2 aromatic rings. The van der Waals surface area contributed by atoms with Crippen molar-refractivity contribution >= 4 is 10.8 Å². The van der Waals surface area contributed by atoms with Crippen molar-refractivity contribution in [2.45, 2.75) is 19.1 Å². The number of fused-ring (bicyclic) bond motifs is 1. The van der Waals surface area contributed by atoms with Gasteiger partial charge in [-0.2, -0.15) is 0 Å². The lowest BCUT2D eigenvalue weighted by Gasteiger charge is -2.34. The highest BCUT2D eigenvalue weighted by Gasteiger charge is 2.22. The van der Waals surface area contributed by atoms with Gasteiger partial charge in [0.1, 0.15) is 0 Å². The molecule has 0 aliphatic carbocycles. The van der Waals surface area contributed by atoms with Crippen LogP contribution in [0.15, 0.2) is 42.5 Å². The first-order chi connectivity index (χ1) is 9.75. The van der Waals surface area contributed by atoms with E-state index in [9.17, 15) is 5.11 Å². The Balaban J connectivity index is 1.83. The molecular formula is C17H21NO2. The van der Waals surface area contributed by atoms with Crippen LogP contribution in [0.25, 0.3) is 10.8 Å². The van der Waals surface area contributed by atoms with Crippen molar-refractivity contribution in [3.63, 3.8) is 0 Å². The molecule has 2 aromatic carbocycles. The van der Waals surface area contributed by atoms with E-state index in [1.54, 1.807) is 0 Å². The second-order valence-electron chi connectivity index (χ2n) is 5.50. The minimum atomic E-state index is -0.457. The van der Waals surface area contributed by atoms with E-state index >= 15 is 0 Å². The van der Waals surface area contributed by atoms with Crippen LogP contribution in [0, 0.1) is 0 Å². The Hall–Kier alpha value is -1.42. The third-order valence-corrected chi connectivity index (χ3v) is 4.10. The summed E-state index contributed by atoms with van der Waals surface area (Å²) in [5.74, 6) is 0. The van der Waals surface area contributed by atoms with Gasteiger partial charge < -0.3 is 9.84 Å². The standard InChI is InChI=1S/C17H21NO2/c1-13-12-20-10-9-18(13)11-17(19)16-8-4-6-14-5-2-3-7-15(14)16/h2-8,13,17,19H,9-12H2,1H3. The fraction of sp³-hybridized carbons (Fsp3) is 0.412. The van der Waals surface area contributed by atoms with Gasteiger partial charge in [-0.3, -0.25) is 4.90 Å². The SMILES string of the molecule is CC1COCCN1CC(O)c1cccc2ccccc12. The highest BCUT2D eigenvalue weighted by atomic mass is 16.5. The number of ether oxygens (including phenoxy) is 1. The molecule has 1 aliphatic rings. The summed E-state index contributed by atoms with van der Waals surface area (Å²) >= 11 is 0. The fourth-order valence-electron chi connectivity index (χ4n) is 2.89. The third-order valence-electron chi connectivity index (χ3n) is 4.10. The average molecular weight is 271 g/mol. The summed E-state index contributed by atoms with van der Waals surface area (Å²) in [6.07, 6.45) is -0.457. The molecule has 106 valence electrons. The van der Waals surface area contributed by atoms with Crippen LogP contribution in [0.4, 0.5) is 0 Å². The predicted octanol–water partition coefficient (Wildman–Crippen LogP) is 2.59. The Labute approximate surface area is 119 Å². The minimum absolute atomic E-state index is 0.369. The largest absolute Gasteiger partial charge is 0.387 e. The summed E-state index contributed by atoms with van der Waals surface area (Å²) in [4.78, 5) is 2.30. The zero-order valence-corrected chi connectivity index (χ0v) is 11.8. The Morgan fingerprint density at radius 2 is 2.05 bits per heavy atom. The molecule has 2 unspecified atom stereocenters. The number of aliphatic hydroxyl groups is 1.